The quantitative estimate of drug-likeness (QED) is 0.755. The van der Waals surface area contributed by atoms with Crippen LogP contribution in [0.4, 0.5) is 0 Å². The fourth-order valence-corrected chi connectivity index (χ4v) is 3.18. The fourth-order valence-electron chi connectivity index (χ4n) is 2.23. The van der Waals surface area contributed by atoms with Crippen LogP contribution in [0.5, 0.6) is 11.5 Å². The molecule has 2 aromatic carbocycles. The van der Waals surface area contributed by atoms with Crippen molar-refractivity contribution in [3.63, 3.8) is 0 Å². The van der Waals surface area contributed by atoms with E-state index in [0.717, 1.165) is 16.1 Å². The molecule has 0 fully saturated rings. The van der Waals surface area contributed by atoms with Gasteiger partial charge in [0.25, 0.3) is 0 Å². The molecule has 1 heterocycles. The number of hydrogen-bond acceptors (Lipinski definition) is 4. The average Bonchev–Trinajstić information content (AvgIpc) is 2.88. The smallest absolute Gasteiger partial charge is 0.161 e. The molecule has 0 aliphatic heterocycles. The Hall–Kier alpha value is -2.33. The van der Waals surface area contributed by atoms with Crippen molar-refractivity contribution in [1.82, 2.24) is 4.98 Å². The summed E-state index contributed by atoms with van der Waals surface area (Å²) in [5.41, 5.74) is 4.55. The number of nitrogens with zero attached hydrogens (tertiary/aromatic N) is 1. The van der Waals surface area contributed by atoms with E-state index in [4.69, 9.17) is 4.74 Å². The molecule has 0 saturated carbocycles. The molecule has 3 aromatic rings. The van der Waals surface area contributed by atoms with Crippen LogP contribution in [0.2, 0.25) is 0 Å². The SMILES string of the molecule is COc1cc(/C=C/c2nc3cc(C)c(C)cc3s2)ccc1O. The lowest BCUT2D eigenvalue weighted by Gasteiger charge is -2.03. The van der Waals surface area contributed by atoms with Gasteiger partial charge >= 0.3 is 0 Å². The summed E-state index contributed by atoms with van der Waals surface area (Å²) in [5, 5.41) is 10.6. The Kier molecular flexibility index (Phi) is 3.86. The van der Waals surface area contributed by atoms with Crippen LogP contribution in [0.1, 0.15) is 21.7 Å². The van der Waals surface area contributed by atoms with Crippen LogP contribution in [0, 0.1) is 13.8 Å². The summed E-state index contributed by atoms with van der Waals surface area (Å²) in [7, 11) is 1.54. The Balaban J connectivity index is 1.92. The summed E-state index contributed by atoms with van der Waals surface area (Å²) in [6.07, 6.45) is 3.96. The van der Waals surface area contributed by atoms with Crippen LogP contribution >= 0.6 is 11.3 Å². The molecule has 1 aromatic heterocycles. The minimum Gasteiger partial charge on any atom is -0.504 e. The van der Waals surface area contributed by atoms with E-state index in [2.05, 4.69) is 31.0 Å². The van der Waals surface area contributed by atoms with Gasteiger partial charge in [0.05, 0.1) is 17.3 Å². The van der Waals surface area contributed by atoms with Crippen molar-refractivity contribution in [2.24, 2.45) is 0 Å². The van der Waals surface area contributed by atoms with Crippen LogP contribution in [-0.2, 0) is 0 Å². The van der Waals surface area contributed by atoms with E-state index < -0.39 is 0 Å². The maximum Gasteiger partial charge on any atom is 0.161 e. The standard InChI is InChI=1S/C18H17NO2S/c1-11-8-14-17(9-12(11)2)22-18(19-14)7-5-13-4-6-15(20)16(10-13)21-3/h4-10,20H,1-3H3/b7-5+. The van der Waals surface area contributed by atoms with Crippen molar-refractivity contribution < 1.29 is 9.84 Å². The van der Waals surface area contributed by atoms with Crippen molar-refractivity contribution >= 4 is 33.7 Å². The molecule has 0 aliphatic rings. The molecule has 0 radical (unpaired) electrons. The molecule has 0 bridgehead atoms. The zero-order valence-electron chi connectivity index (χ0n) is 12.8. The van der Waals surface area contributed by atoms with Gasteiger partial charge < -0.3 is 9.84 Å². The van der Waals surface area contributed by atoms with Crippen molar-refractivity contribution in [2.45, 2.75) is 13.8 Å². The summed E-state index contributed by atoms with van der Waals surface area (Å²) in [4.78, 5) is 4.64. The molecule has 3 rings (SSSR count). The predicted molar refractivity (Wildman–Crippen MR) is 92.7 cm³/mol. The number of aromatic hydroxyl groups is 1. The van der Waals surface area contributed by atoms with E-state index in [0.29, 0.717) is 5.75 Å². The van der Waals surface area contributed by atoms with Gasteiger partial charge in [0.1, 0.15) is 5.01 Å². The van der Waals surface area contributed by atoms with Gasteiger partial charge in [0.2, 0.25) is 0 Å². The molecule has 0 unspecified atom stereocenters. The first-order chi connectivity index (χ1) is 10.6. The molecule has 22 heavy (non-hydrogen) atoms. The Morgan fingerprint density at radius 1 is 1.09 bits per heavy atom. The van der Waals surface area contributed by atoms with Crippen molar-refractivity contribution in [1.29, 1.82) is 0 Å². The molecule has 0 atom stereocenters. The lowest BCUT2D eigenvalue weighted by molar-refractivity contribution is 0.373. The van der Waals surface area contributed by atoms with Crippen LogP contribution < -0.4 is 4.74 Å². The van der Waals surface area contributed by atoms with Gasteiger partial charge in [-0.15, -0.1) is 11.3 Å². The minimum atomic E-state index is 0.144. The van der Waals surface area contributed by atoms with Gasteiger partial charge in [-0.2, -0.15) is 0 Å². The number of fused-ring (bicyclic) bond motifs is 1. The van der Waals surface area contributed by atoms with Crippen LogP contribution in [0.15, 0.2) is 30.3 Å². The highest BCUT2D eigenvalue weighted by Gasteiger charge is 2.04. The zero-order valence-corrected chi connectivity index (χ0v) is 13.6. The van der Waals surface area contributed by atoms with E-state index in [1.807, 2.05) is 18.2 Å². The topological polar surface area (TPSA) is 42.4 Å². The summed E-state index contributed by atoms with van der Waals surface area (Å²) in [6, 6.07) is 9.58. The van der Waals surface area contributed by atoms with E-state index in [9.17, 15) is 5.11 Å². The maximum absolute atomic E-state index is 9.61. The average molecular weight is 311 g/mol. The predicted octanol–water partition coefficient (Wildman–Crippen LogP) is 4.80. The fraction of sp³-hybridized carbons (Fsp3) is 0.167. The first-order valence-corrected chi connectivity index (χ1v) is 7.81. The summed E-state index contributed by atoms with van der Waals surface area (Å²) in [6.45, 7) is 4.22. The van der Waals surface area contributed by atoms with E-state index in [1.165, 1.54) is 15.8 Å². The zero-order chi connectivity index (χ0) is 15.7. The van der Waals surface area contributed by atoms with Crippen LogP contribution in [0.25, 0.3) is 22.4 Å². The lowest BCUT2D eigenvalue weighted by atomic mass is 10.1. The third-order valence-corrected chi connectivity index (χ3v) is 4.63. The molecule has 112 valence electrons. The Morgan fingerprint density at radius 3 is 2.64 bits per heavy atom. The Morgan fingerprint density at radius 2 is 1.86 bits per heavy atom. The second kappa shape index (κ2) is 5.81. The number of benzene rings is 2. The highest BCUT2D eigenvalue weighted by Crippen LogP contribution is 2.29. The van der Waals surface area contributed by atoms with Crippen LogP contribution in [-0.4, -0.2) is 17.2 Å². The van der Waals surface area contributed by atoms with Gasteiger partial charge in [-0.05, 0) is 60.9 Å². The van der Waals surface area contributed by atoms with E-state index >= 15 is 0 Å². The minimum absolute atomic E-state index is 0.144. The Bertz CT molecular complexity index is 826. The van der Waals surface area contributed by atoms with Crippen molar-refractivity contribution in [3.05, 3.63) is 52.0 Å². The van der Waals surface area contributed by atoms with Gasteiger partial charge in [-0.1, -0.05) is 12.1 Å². The lowest BCUT2D eigenvalue weighted by Crippen LogP contribution is -1.84. The molecule has 0 amide bonds. The number of thiazole rings is 1. The molecular weight excluding hydrogens is 294 g/mol. The number of hydrogen-bond donors (Lipinski definition) is 1. The molecule has 1 N–H and O–H groups in total. The van der Waals surface area contributed by atoms with Gasteiger partial charge in [-0.3, -0.25) is 0 Å². The number of ether oxygens (including phenoxy) is 1. The van der Waals surface area contributed by atoms with E-state index in [-0.39, 0.29) is 5.75 Å². The number of methoxy groups -OCH3 is 1. The second-order valence-electron chi connectivity index (χ2n) is 5.22. The molecular formula is C18H17NO2S. The third kappa shape index (κ3) is 2.83. The Labute approximate surface area is 133 Å². The first kappa shape index (κ1) is 14.6. The highest BCUT2D eigenvalue weighted by atomic mass is 32.1. The van der Waals surface area contributed by atoms with Gasteiger partial charge in [0, 0.05) is 0 Å². The summed E-state index contributed by atoms with van der Waals surface area (Å²) in [5.74, 6) is 0.614. The summed E-state index contributed by atoms with van der Waals surface area (Å²) < 4.78 is 6.32. The maximum atomic E-state index is 9.61. The molecule has 0 saturated heterocycles. The number of aryl methyl sites for hydroxylation is 2. The third-order valence-electron chi connectivity index (χ3n) is 3.64. The molecule has 0 spiro atoms. The number of rotatable bonds is 3. The number of phenolic OH excluding ortho intramolecular Hbond substituents is 1. The molecule has 0 aliphatic carbocycles. The number of phenols is 1. The normalized spacial score (nSPS) is 11.4. The van der Waals surface area contributed by atoms with E-state index in [1.54, 1.807) is 30.6 Å². The van der Waals surface area contributed by atoms with Crippen LogP contribution in [0.3, 0.4) is 0 Å². The summed E-state index contributed by atoms with van der Waals surface area (Å²) >= 11 is 1.67. The second-order valence-corrected chi connectivity index (χ2v) is 6.28. The monoisotopic (exact) mass is 311 g/mol. The van der Waals surface area contributed by atoms with Crippen molar-refractivity contribution in [3.8, 4) is 11.5 Å². The number of aromatic nitrogens is 1. The first-order valence-electron chi connectivity index (χ1n) is 6.99. The van der Waals surface area contributed by atoms with Crippen molar-refractivity contribution in [2.75, 3.05) is 7.11 Å². The van der Waals surface area contributed by atoms with Gasteiger partial charge in [-0.25, -0.2) is 4.98 Å². The largest absolute Gasteiger partial charge is 0.504 e. The molecule has 4 heteroatoms. The molecule has 3 nitrogen and oxygen atoms in total. The van der Waals surface area contributed by atoms with Gasteiger partial charge in [0.15, 0.2) is 11.5 Å². The highest BCUT2D eigenvalue weighted by molar-refractivity contribution is 7.19.